The van der Waals surface area contributed by atoms with Gasteiger partial charge in [-0.15, -0.1) is 0 Å². The summed E-state index contributed by atoms with van der Waals surface area (Å²) in [5.41, 5.74) is 0. The number of carbonyl (C=O) groups is 1. The van der Waals surface area contributed by atoms with Crippen LogP contribution in [-0.4, -0.2) is 17.0 Å². The second kappa shape index (κ2) is 10.0. The molecule has 0 amide bonds. The van der Waals surface area contributed by atoms with Crippen molar-refractivity contribution < 1.29 is 9.90 Å². The van der Waals surface area contributed by atoms with Crippen molar-refractivity contribution in [3.8, 4) is 0 Å². The molecule has 0 radical (unpaired) electrons. The Hall–Kier alpha value is -0.0800. The van der Waals surface area contributed by atoms with Crippen molar-refractivity contribution in [3.63, 3.8) is 0 Å². The maximum absolute atomic E-state index is 10.4. The van der Waals surface area contributed by atoms with Gasteiger partial charge in [0.15, 0.2) is 0 Å². The van der Waals surface area contributed by atoms with Crippen LogP contribution in [0, 0.1) is 0 Å². The Labute approximate surface area is 85.3 Å². The van der Waals surface area contributed by atoms with Crippen LogP contribution in [0.2, 0.25) is 0 Å². The lowest BCUT2D eigenvalue weighted by atomic mass is 10.1. The molecule has 0 heterocycles. The first-order chi connectivity index (χ1) is 6.27. The number of carbonyl (C=O) groups excluding carboxylic acids is 1. The average molecular weight is 207 g/mol. The molecule has 13 heavy (non-hydrogen) atoms. The van der Waals surface area contributed by atoms with E-state index in [1.54, 1.807) is 0 Å². The highest BCUT2D eigenvalue weighted by atomic mass is 35.5. The molecule has 0 aromatic heterocycles. The fraction of sp³-hybridized carbons (Fsp3) is 0.900. The summed E-state index contributed by atoms with van der Waals surface area (Å²) in [6, 6.07) is 0. The van der Waals surface area contributed by atoms with Crippen LogP contribution in [0.25, 0.3) is 0 Å². The van der Waals surface area contributed by atoms with Gasteiger partial charge in [-0.3, -0.25) is 4.79 Å². The molecule has 2 nitrogen and oxygen atoms in total. The van der Waals surface area contributed by atoms with Crippen LogP contribution in [0.3, 0.4) is 0 Å². The highest BCUT2D eigenvalue weighted by molar-refractivity contribution is 6.63. The third-order valence-corrected chi connectivity index (χ3v) is 2.22. The Bertz CT molecular complexity index is 126. The molecule has 0 aromatic rings. The molecule has 0 rings (SSSR count). The van der Waals surface area contributed by atoms with Crippen molar-refractivity contribution in [1.82, 2.24) is 0 Å². The minimum Gasteiger partial charge on any atom is -0.396 e. The zero-order valence-electron chi connectivity index (χ0n) is 8.10. The van der Waals surface area contributed by atoms with Gasteiger partial charge in [0, 0.05) is 13.0 Å². The molecule has 0 bridgehead atoms. The lowest BCUT2D eigenvalue weighted by molar-refractivity contribution is -0.111. The second-order valence-corrected chi connectivity index (χ2v) is 3.73. The van der Waals surface area contributed by atoms with E-state index in [4.69, 9.17) is 16.7 Å². The summed E-state index contributed by atoms with van der Waals surface area (Å²) < 4.78 is 0. The second-order valence-electron chi connectivity index (χ2n) is 3.30. The van der Waals surface area contributed by atoms with Gasteiger partial charge in [-0.25, -0.2) is 0 Å². The first-order valence-electron chi connectivity index (χ1n) is 5.06. The maximum atomic E-state index is 10.4. The first-order valence-corrected chi connectivity index (χ1v) is 5.44. The molecule has 1 N–H and O–H groups in total. The van der Waals surface area contributed by atoms with Crippen molar-refractivity contribution in [2.24, 2.45) is 0 Å². The maximum Gasteiger partial charge on any atom is 0.221 e. The van der Waals surface area contributed by atoms with E-state index in [2.05, 4.69) is 0 Å². The molecule has 78 valence electrons. The van der Waals surface area contributed by atoms with Gasteiger partial charge in [-0.05, 0) is 24.4 Å². The zero-order valence-corrected chi connectivity index (χ0v) is 8.85. The fourth-order valence-corrected chi connectivity index (χ4v) is 1.39. The molecular formula is C10H19ClO2. The summed E-state index contributed by atoms with van der Waals surface area (Å²) in [4.78, 5) is 10.4. The lowest BCUT2D eigenvalue weighted by Gasteiger charge is -1.99. The SMILES string of the molecule is O=C(Cl)CCCCCCCCCO. The molecule has 0 fully saturated rings. The van der Waals surface area contributed by atoms with E-state index in [1.807, 2.05) is 0 Å². The van der Waals surface area contributed by atoms with E-state index in [0.717, 1.165) is 25.7 Å². The van der Waals surface area contributed by atoms with Gasteiger partial charge >= 0.3 is 0 Å². The Morgan fingerprint density at radius 2 is 1.38 bits per heavy atom. The quantitative estimate of drug-likeness (QED) is 0.465. The Morgan fingerprint density at radius 1 is 0.923 bits per heavy atom. The Kier molecular flexibility index (Phi) is 9.94. The van der Waals surface area contributed by atoms with Crippen LogP contribution in [-0.2, 0) is 4.79 Å². The normalized spacial score (nSPS) is 10.3. The summed E-state index contributed by atoms with van der Waals surface area (Å²) >= 11 is 5.19. The number of unbranched alkanes of at least 4 members (excludes halogenated alkanes) is 6. The number of hydrogen-bond acceptors (Lipinski definition) is 2. The van der Waals surface area contributed by atoms with Crippen LogP contribution in [0.15, 0.2) is 0 Å². The first kappa shape index (κ1) is 12.9. The highest BCUT2D eigenvalue weighted by Crippen LogP contribution is 2.08. The van der Waals surface area contributed by atoms with Crippen LogP contribution in [0.1, 0.15) is 51.4 Å². The van der Waals surface area contributed by atoms with E-state index in [1.165, 1.54) is 19.3 Å². The molecule has 0 aromatic carbocycles. The number of rotatable bonds is 9. The van der Waals surface area contributed by atoms with E-state index in [0.29, 0.717) is 13.0 Å². The molecule has 0 aliphatic heterocycles. The van der Waals surface area contributed by atoms with Crippen LogP contribution in [0.4, 0.5) is 0 Å². The topological polar surface area (TPSA) is 37.3 Å². The van der Waals surface area contributed by atoms with Crippen molar-refractivity contribution in [2.45, 2.75) is 51.4 Å². The molecule has 0 unspecified atom stereocenters. The number of halogens is 1. The van der Waals surface area contributed by atoms with Crippen LogP contribution >= 0.6 is 11.6 Å². The van der Waals surface area contributed by atoms with E-state index in [-0.39, 0.29) is 5.24 Å². The largest absolute Gasteiger partial charge is 0.396 e. The predicted octanol–water partition coefficient (Wildman–Crippen LogP) is 2.86. The van der Waals surface area contributed by atoms with Gasteiger partial charge in [0.2, 0.25) is 5.24 Å². The molecular weight excluding hydrogens is 188 g/mol. The van der Waals surface area contributed by atoms with Gasteiger partial charge in [-0.2, -0.15) is 0 Å². The average Bonchev–Trinajstić information content (AvgIpc) is 2.09. The Balaban J connectivity index is 2.87. The third-order valence-electron chi connectivity index (χ3n) is 2.03. The summed E-state index contributed by atoms with van der Waals surface area (Å²) in [5.74, 6) is 0. The monoisotopic (exact) mass is 206 g/mol. The molecule has 0 spiro atoms. The molecule has 0 aliphatic rings. The van der Waals surface area contributed by atoms with Gasteiger partial charge in [0.05, 0.1) is 0 Å². The summed E-state index contributed by atoms with van der Waals surface area (Å²) in [6.07, 6.45) is 8.13. The standard InChI is InChI=1S/C10H19ClO2/c11-10(13)8-6-4-2-1-3-5-7-9-12/h12H,1-9H2. The molecule has 0 saturated carbocycles. The minimum atomic E-state index is -0.222. The number of aliphatic hydroxyl groups is 1. The van der Waals surface area contributed by atoms with Gasteiger partial charge in [-0.1, -0.05) is 32.1 Å². The third kappa shape index (κ3) is 11.9. The molecule has 0 atom stereocenters. The van der Waals surface area contributed by atoms with E-state index >= 15 is 0 Å². The van der Waals surface area contributed by atoms with Crippen LogP contribution in [0.5, 0.6) is 0 Å². The smallest absolute Gasteiger partial charge is 0.221 e. The summed E-state index contributed by atoms with van der Waals surface area (Å²) in [5, 5.41) is 8.29. The Morgan fingerprint density at radius 3 is 1.85 bits per heavy atom. The lowest BCUT2D eigenvalue weighted by Crippen LogP contribution is -1.87. The van der Waals surface area contributed by atoms with Crippen molar-refractivity contribution in [3.05, 3.63) is 0 Å². The minimum absolute atomic E-state index is 0.222. The van der Waals surface area contributed by atoms with Gasteiger partial charge in [0.1, 0.15) is 0 Å². The van der Waals surface area contributed by atoms with E-state index in [9.17, 15) is 4.79 Å². The predicted molar refractivity (Wildman–Crippen MR) is 54.9 cm³/mol. The summed E-state index contributed by atoms with van der Waals surface area (Å²) in [6.45, 7) is 0.306. The van der Waals surface area contributed by atoms with Gasteiger partial charge in [0.25, 0.3) is 0 Å². The number of hydrogen-bond donors (Lipinski definition) is 1. The zero-order chi connectivity index (χ0) is 9.94. The van der Waals surface area contributed by atoms with Crippen molar-refractivity contribution in [1.29, 1.82) is 0 Å². The van der Waals surface area contributed by atoms with Crippen LogP contribution < -0.4 is 0 Å². The van der Waals surface area contributed by atoms with E-state index < -0.39 is 0 Å². The fourth-order valence-electron chi connectivity index (χ4n) is 1.26. The van der Waals surface area contributed by atoms with Gasteiger partial charge < -0.3 is 5.11 Å². The molecule has 3 heteroatoms. The molecule has 0 saturated heterocycles. The number of aliphatic hydroxyl groups excluding tert-OH is 1. The molecule has 0 aliphatic carbocycles. The summed E-state index contributed by atoms with van der Waals surface area (Å²) in [7, 11) is 0. The van der Waals surface area contributed by atoms with Crippen molar-refractivity contribution >= 4 is 16.8 Å². The van der Waals surface area contributed by atoms with Crippen molar-refractivity contribution in [2.75, 3.05) is 6.61 Å². The highest BCUT2D eigenvalue weighted by Gasteiger charge is 1.95.